The molecule has 0 saturated carbocycles. The number of hydrogen-bond donors (Lipinski definition) is 1. The van der Waals surface area contributed by atoms with E-state index in [0.717, 1.165) is 35.0 Å². The molecule has 0 aliphatic rings. The van der Waals surface area contributed by atoms with E-state index in [1.165, 1.54) is 4.68 Å². The average molecular weight is 300 g/mol. The zero-order valence-corrected chi connectivity index (χ0v) is 12.1. The summed E-state index contributed by atoms with van der Waals surface area (Å²) in [4.78, 5) is 0. The smallest absolute Gasteiger partial charge is 0.156 e. The van der Waals surface area contributed by atoms with Crippen LogP contribution >= 0.6 is 0 Å². The lowest BCUT2D eigenvalue weighted by Crippen LogP contribution is -2.05. The van der Waals surface area contributed by atoms with E-state index >= 15 is 0 Å². The summed E-state index contributed by atoms with van der Waals surface area (Å²) in [5.41, 5.74) is 9.00. The molecule has 112 valence electrons. The molecule has 0 bridgehead atoms. The monoisotopic (exact) mass is 300 g/mol. The van der Waals surface area contributed by atoms with Crippen LogP contribution in [-0.4, -0.2) is 15.0 Å². The Morgan fingerprint density at radius 2 is 1.86 bits per heavy atom. The van der Waals surface area contributed by atoms with Crippen LogP contribution < -0.4 is 5.73 Å². The molecule has 22 heavy (non-hydrogen) atoms. The Balaban J connectivity index is 2.17. The molecule has 0 atom stereocenters. The third kappa shape index (κ3) is 2.22. The number of nitrogens with two attached hydrogens (primary N) is 1. The molecular formula is C16H14F2N4. The van der Waals surface area contributed by atoms with Crippen LogP contribution in [0.5, 0.6) is 0 Å². The van der Waals surface area contributed by atoms with Crippen molar-refractivity contribution in [2.24, 2.45) is 0 Å². The molecule has 0 fully saturated rings. The molecule has 0 amide bonds. The second-order valence-corrected chi connectivity index (χ2v) is 5.08. The maximum Gasteiger partial charge on any atom is 0.156 e. The van der Waals surface area contributed by atoms with E-state index < -0.39 is 11.6 Å². The third-order valence-corrected chi connectivity index (χ3v) is 3.69. The molecule has 1 heterocycles. The van der Waals surface area contributed by atoms with Crippen LogP contribution in [0.1, 0.15) is 11.1 Å². The highest BCUT2D eigenvalue weighted by Gasteiger charge is 2.18. The molecule has 0 spiro atoms. The van der Waals surface area contributed by atoms with Crippen LogP contribution in [0, 0.1) is 25.5 Å². The van der Waals surface area contributed by atoms with Gasteiger partial charge in [0.25, 0.3) is 0 Å². The minimum Gasteiger partial charge on any atom is -0.382 e. The van der Waals surface area contributed by atoms with Gasteiger partial charge in [-0.05, 0) is 49.2 Å². The number of anilines is 1. The second-order valence-electron chi connectivity index (χ2n) is 5.08. The number of halogens is 2. The Bertz CT molecular complexity index is 836. The van der Waals surface area contributed by atoms with Gasteiger partial charge in [-0.25, -0.2) is 8.78 Å². The molecule has 0 aliphatic heterocycles. The number of nitrogen functional groups attached to an aromatic ring is 1. The normalized spacial score (nSPS) is 10.9. The first kappa shape index (κ1) is 14.2. The number of rotatable bonds is 2. The van der Waals surface area contributed by atoms with Crippen LogP contribution in [-0.2, 0) is 0 Å². The summed E-state index contributed by atoms with van der Waals surface area (Å²) < 4.78 is 28.7. The van der Waals surface area contributed by atoms with Crippen molar-refractivity contribution in [3.05, 3.63) is 59.2 Å². The maximum atomic E-state index is 13.9. The Morgan fingerprint density at radius 1 is 1.09 bits per heavy atom. The highest BCUT2D eigenvalue weighted by atomic mass is 19.1. The highest BCUT2D eigenvalue weighted by molar-refractivity contribution is 5.71. The standard InChI is InChI=1S/C16H14F2N4/c1-9-4-3-5-14(10(9)2)22-16(19)15(20-21-22)12-8-11(17)6-7-13(12)18/h3-8H,19H2,1-2H3. The zero-order chi connectivity index (χ0) is 15.9. The molecule has 1 aromatic heterocycles. The molecule has 0 saturated heterocycles. The minimum atomic E-state index is -0.596. The van der Waals surface area contributed by atoms with Crippen molar-refractivity contribution in [2.45, 2.75) is 13.8 Å². The fourth-order valence-electron chi connectivity index (χ4n) is 2.30. The van der Waals surface area contributed by atoms with Crippen LogP contribution in [0.15, 0.2) is 36.4 Å². The van der Waals surface area contributed by atoms with Crippen molar-refractivity contribution in [1.82, 2.24) is 15.0 Å². The SMILES string of the molecule is Cc1cccc(-n2nnc(-c3cc(F)ccc3F)c2N)c1C. The predicted molar refractivity (Wildman–Crippen MR) is 80.6 cm³/mol. The van der Waals surface area contributed by atoms with Gasteiger partial charge < -0.3 is 5.73 Å². The molecule has 2 aromatic carbocycles. The van der Waals surface area contributed by atoms with Crippen LogP contribution in [0.4, 0.5) is 14.6 Å². The van der Waals surface area contributed by atoms with E-state index in [-0.39, 0.29) is 17.1 Å². The molecule has 3 aromatic rings. The third-order valence-electron chi connectivity index (χ3n) is 3.69. The van der Waals surface area contributed by atoms with Crippen molar-refractivity contribution < 1.29 is 8.78 Å². The van der Waals surface area contributed by atoms with Gasteiger partial charge in [-0.15, -0.1) is 5.10 Å². The molecular weight excluding hydrogens is 286 g/mol. The summed E-state index contributed by atoms with van der Waals surface area (Å²) in [7, 11) is 0. The number of aromatic nitrogens is 3. The Hall–Kier alpha value is -2.76. The van der Waals surface area contributed by atoms with E-state index in [1.54, 1.807) is 0 Å². The van der Waals surface area contributed by atoms with Gasteiger partial charge >= 0.3 is 0 Å². The molecule has 6 heteroatoms. The molecule has 0 aliphatic carbocycles. The highest BCUT2D eigenvalue weighted by Crippen LogP contribution is 2.29. The molecule has 2 N–H and O–H groups in total. The Labute approximate surface area is 126 Å². The lowest BCUT2D eigenvalue weighted by Gasteiger charge is -2.09. The predicted octanol–water partition coefficient (Wildman–Crippen LogP) is 3.41. The number of benzene rings is 2. The molecule has 0 unspecified atom stereocenters. The maximum absolute atomic E-state index is 13.9. The zero-order valence-electron chi connectivity index (χ0n) is 12.1. The quantitative estimate of drug-likeness (QED) is 0.789. The van der Waals surface area contributed by atoms with Crippen LogP contribution in [0.25, 0.3) is 16.9 Å². The lowest BCUT2D eigenvalue weighted by atomic mass is 10.1. The summed E-state index contributed by atoms with van der Waals surface area (Å²) in [6, 6.07) is 8.84. The van der Waals surface area contributed by atoms with Gasteiger partial charge in [0.05, 0.1) is 5.69 Å². The molecule has 4 nitrogen and oxygen atoms in total. The first-order chi connectivity index (χ1) is 10.5. The van der Waals surface area contributed by atoms with Gasteiger partial charge in [-0.2, -0.15) is 4.68 Å². The molecule has 0 radical (unpaired) electrons. The minimum absolute atomic E-state index is 0.00550. The van der Waals surface area contributed by atoms with E-state index in [2.05, 4.69) is 10.3 Å². The van der Waals surface area contributed by atoms with Gasteiger partial charge in [0, 0.05) is 5.56 Å². The van der Waals surface area contributed by atoms with Gasteiger partial charge in [0.2, 0.25) is 0 Å². The first-order valence-corrected chi connectivity index (χ1v) is 6.72. The van der Waals surface area contributed by atoms with Crippen molar-refractivity contribution in [3.63, 3.8) is 0 Å². The van der Waals surface area contributed by atoms with E-state index in [1.807, 2.05) is 32.0 Å². The number of hydrogen-bond acceptors (Lipinski definition) is 3. The fraction of sp³-hybridized carbons (Fsp3) is 0.125. The van der Waals surface area contributed by atoms with Crippen LogP contribution in [0.2, 0.25) is 0 Å². The van der Waals surface area contributed by atoms with E-state index in [0.29, 0.717) is 0 Å². The largest absolute Gasteiger partial charge is 0.382 e. The van der Waals surface area contributed by atoms with Crippen molar-refractivity contribution in [2.75, 3.05) is 5.73 Å². The lowest BCUT2D eigenvalue weighted by molar-refractivity contribution is 0.602. The number of aryl methyl sites for hydroxylation is 1. The van der Waals surface area contributed by atoms with Gasteiger partial charge in [0.15, 0.2) is 5.82 Å². The second kappa shape index (κ2) is 5.22. The Kier molecular flexibility index (Phi) is 3.36. The van der Waals surface area contributed by atoms with Crippen molar-refractivity contribution >= 4 is 5.82 Å². The summed E-state index contributed by atoms with van der Waals surface area (Å²) in [6.07, 6.45) is 0. The van der Waals surface area contributed by atoms with Crippen LogP contribution in [0.3, 0.4) is 0 Å². The summed E-state index contributed by atoms with van der Waals surface area (Å²) in [5, 5.41) is 7.90. The number of nitrogens with zero attached hydrogens (tertiary/aromatic N) is 3. The van der Waals surface area contributed by atoms with Gasteiger partial charge in [-0.3, -0.25) is 0 Å². The summed E-state index contributed by atoms with van der Waals surface area (Å²) >= 11 is 0. The summed E-state index contributed by atoms with van der Waals surface area (Å²) in [5.74, 6) is -0.989. The first-order valence-electron chi connectivity index (χ1n) is 6.72. The molecule has 3 rings (SSSR count). The average Bonchev–Trinajstić information content (AvgIpc) is 2.86. The van der Waals surface area contributed by atoms with Gasteiger partial charge in [-0.1, -0.05) is 17.3 Å². The summed E-state index contributed by atoms with van der Waals surface area (Å²) in [6.45, 7) is 3.91. The van der Waals surface area contributed by atoms with Crippen molar-refractivity contribution in [3.8, 4) is 16.9 Å². The fourth-order valence-corrected chi connectivity index (χ4v) is 2.30. The van der Waals surface area contributed by atoms with E-state index in [4.69, 9.17) is 5.73 Å². The topological polar surface area (TPSA) is 56.7 Å². The van der Waals surface area contributed by atoms with Gasteiger partial charge in [0.1, 0.15) is 17.3 Å². The van der Waals surface area contributed by atoms with Crippen molar-refractivity contribution in [1.29, 1.82) is 0 Å². The Morgan fingerprint density at radius 3 is 2.64 bits per heavy atom. The van der Waals surface area contributed by atoms with E-state index in [9.17, 15) is 8.78 Å².